The molecular formula is C26H42O2. The Kier molecular flexibility index (Phi) is 12.8. The number of aryl methyl sites for hydroxylation is 1. The van der Waals surface area contributed by atoms with Gasteiger partial charge < -0.3 is 9.47 Å². The molecule has 0 aliphatic carbocycles. The molecule has 0 N–H and O–H groups in total. The largest absolute Gasteiger partial charge is 0.491 e. The van der Waals surface area contributed by atoms with Gasteiger partial charge in [0.15, 0.2) is 0 Å². The zero-order chi connectivity index (χ0) is 19.7. The number of epoxide rings is 1. The van der Waals surface area contributed by atoms with Crippen molar-refractivity contribution in [1.82, 2.24) is 0 Å². The molecule has 158 valence electrons. The Morgan fingerprint density at radius 2 is 1.46 bits per heavy atom. The van der Waals surface area contributed by atoms with Crippen molar-refractivity contribution in [2.45, 2.75) is 103 Å². The van der Waals surface area contributed by atoms with Crippen LogP contribution in [-0.2, 0) is 11.2 Å². The highest BCUT2D eigenvalue weighted by Crippen LogP contribution is 2.22. The van der Waals surface area contributed by atoms with Crippen LogP contribution in [0.1, 0.15) is 96.0 Å². The van der Waals surface area contributed by atoms with Crippen molar-refractivity contribution in [1.29, 1.82) is 0 Å². The smallest absolute Gasteiger partial charge is 0.122 e. The topological polar surface area (TPSA) is 21.8 Å². The van der Waals surface area contributed by atoms with Crippen LogP contribution in [0.3, 0.4) is 0 Å². The van der Waals surface area contributed by atoms with Crippen molar-refractivity contribution in [3.8, 4) is 5.75 Å². The molecule has 0 saturated carbocycles. The summed E-state index contributed by atoms with van der Waals surface area (Å²) in [7, 11) is 0. The number of benzene rings is 1. The molecule has 0 aromatic heterocycles. The lowest BCUT2D eigenvalue weighted by Crippen LogP contribution is -2.05. The van der Waals surface area contributed by atoms with Gasteiger partial charge in [-0.25, -0.2) is 0 Å². The number of hydrogen-bond donors (Lipinski definition) is 0. The van der Waals surface area contributed by atoms with E-state index >= 15 is 0 Å². The predicted octanol–water partition coefficient (Wildman–Crippen LogP) is 7.65. The van der Waals surface area contributed by atoms with Crippen LogP contribution in [0.25, 0.3) is 0 Å². The molecule has 1 aliphatic heterocycles. The van der Waals surface area contributed by atoms with Crippen LogP contribution in [0.5, 0.6) is 5.75 Å². The SMILES string of the molecule is CCCCCC/C=C/CCCCCCCCCc1ccccc1OCC1CO1. The van der Waals surface area contributed by atoms with Gasteiger partial charge >= 0.3 is 0 Å². The number of allylic oxidation sites excluding steroid dienone is 2. The molecule has 1 saturated heterocycles. The highest BCUT2D eigenvalue weighted by Gasteiger charge is 2.23. The first-order chi connectivity index (χ1) is 13.9. The summed E-state index contributed by atoms with van der Waals surface area (Å²) in [5.41, 5.74) is 1.35. The number of ether oxygens (including phenoxy) is 2. The van der Waals surface area contributed by atoms with E-state index in [-0.39, 0.29) is 0 Å². The fraction of sp³-hybridized carbons (Fsp3) is 0.692. The van der Waals surface area contributed by atoms with E-state index in [1.807, 2.05) is 0 Å². The zero-order valence-corrected chi connectivity index (χ0v) is 18.2. The van der Waals surface area contributed by atoms with Crippen LogP contribution in [0.15, 0.2) is 36.4 Å². The second-order valence-electron chi connectivity index (χ2n) is 8.21. The normalized spacial score (nSPS) is 16.0. The van der Waals surface area contributed by atoms with Crippen molar-refractivity contribution in [2.75, 3.05) is 13.2 Å². The van der Waals surface area contributed by atoms with Crippen molar-refractivity contribution in [3.63, 3.8) is 0 Å². The van der Waals surface area contributed by atoms with Gasteiger partial charge in [-0.2, -0.15) is 0 Å². The highest BCUT2D eigenvalue weighted by molar-refractivity contribution is 5.33. The maximum Gasteiger partial charge on any atom is 0.122 e. The lowest BCUT2D eigenvalue weighted by molar-refractivity contribution is 0.261. The van der Waals surface area contributed by atoms with E-state index in [1.165, 1.54) is 89.0 Å². The number of para-hydroxylation sites is 1. The van der Waals surface area contributed by atoms with Crippen LogP contribution in [-0.4, -0.2) is 19.3 Å². The number of rotatable bonds is 18. The van der Waals surface area contributed by atoms with Gasteiger partial charge in [0.05, 0.1) is 6.61 Å². The summed E-state index contributed by atoms with van der Waals surface area (Å²) in [4.78, 5) is 0. The van der Waals surface area contributed by atoms with Crippen LogP contribution in [0.2, 0.25) is 0 Å². The number of hydrogen-bond acceptors (Lipinski definition) is 2. The van der Waals surface area contributed by atoms with E-state index in [9.17, 15) is 0 Å². The molecule has 28 heavy (non-hydrogen) atoms. The Morgan fingerprint density at radius 3 is 2.14 bits per heavy atom. The summed E-state index contributed by atoms with van der Waals surface area (Å²) >= 11 is 0. The van der Waals surface area contributed by atoms with Gasteiger partial charge in [-0.05, 0) is 50.2 Å². The Morgan fingerprint density at radius 1 is 0.857 bits per heavy atom. The molecule has 0 radical (unpaired) electrons. The molecule has 1 atom stereocenters. The molecule has 1 aromatic carbocycles. The first-order valence-corrected chi connectivity index (χ1v) is 11.9. The van der Waals surface area contributed by atoms with Crippen LogP contribution in [0, 0.1) is 0 Å². The average molecular weight is 387 g/mol. The monoisotopic (exact) mass is 386 g/mol. The molecule has 1 unspecified atom stereocenters. The molecule has 1 aromatic rings. The Hall–Kier alpha value is -1.28. The summed E-state index contributed by atoms with van der Waals surface area (Å²) < 4.78 is 11.1. The minimum atomic E-state index is 0.328. The molecule has 0 amide bonds. The third-order valence-corrected chi connectivity index (χ3v) is 5.51. The minimum Gasteiger partial charge on any atom is -0.491 e. The van der Waals surface area contributed by atoms with Gasteiger partial charge in [-0.3, -0.25) is 0 Å². The average Bonchev–Trinajstić information content (AvgIpc) is 3.54. The lowest BCUT2D eigenvalue weighted by atomic mass is 10.0. The standard InChI is InChI=1S/C26H42O2/c1-2-3-4-5-6-7-8-9-10-11-12-13-14-15-16-19-24-20-17-18-21-26(24)28-23-25-22-27-25/h7-8,17-18,20-21,25H,2-6,9-16,19,22-23H2,1H3/b8-7+. The minimum absolute atomic E-state index is 0.328. The van der Waals surface area contributed by atoms with E-state index in [4.69, 9.17) is 9.47 Å². The number of unbranched alkanes of at least 4 members (excludes halogenated alkanes) is 11. The summed E-state index contributed by atoms with van der Waals surface area (Å²) in [6.07, 6.45) is 23.8. The third-order valence-electron chi connectivity index (χ3n) is 5.51. The van der Waals surface area contributed by atoms with E-state index in [0.717, 1.165) is 18.8 Å². The Bertz CT molecular complexity index is 519. The maximum absolute atomic E-state index is 5.91. The third kappa shape index (κ3) is 11.5. The predicted molar refractivity (Wildman–Crippen MR) is 120 cm³/mol. The molecule has 1 aliphatic rings. The summed E-state index contributed by atoms with van der Waals surface area (Å²) in [6, 6.07) is 8.49. The van der Waals surface area contributed by atoms with Crippen molar-refractivity contribution in [2.24, 2.45) is 0 Å². The van der Waals surface area contributed by atoms with E-state index in [2.05, 4.69) is 43.3 Å². The molecule has 1 fully saturated rings. The van der Waals surface area contributed by atoms with Crippen LogP contribution in [0.4, 0.5) is 0 Å². The summed E-state index contributed by atoms with van der Waals surface area (Å²) in [5, 5.41) is 0. The fourth-order valence-corrected chi connectivity index (χ4v) is 3.58. The first-order valence-electron chi connectivity index (χ1n) is 11.9. The van der Waals surface area contributed by atoms with Crippen molar-refractivity contribution >= 4 is 0 Å². The lowest BCUT2D eigenvalue weighted by Gasteiger charge is -2.10. The maximum atomic E-state index is 5.91. The molecule has 2 nitrogen and oxygen atoms in total. The van der Waals surface area contributed by atoms with Gasteiger partial charge in [-0.15, -0.1) is 0 Å². The summed E-state index contributed by atoms with van der Waals surface area (Å²) in [5.74, 6) is 1.05. The molecule has 2 heteroatoms. The van der Waals surface area contributed by atoms with E-state index < -0.39 is 0 Å². The molecule has 0 spiro atoms. The van der Waals surface area contributed by atoms with E-state index in [1.54, 1.807) is 0 Å². The van der Waals surface area contributed by atoms with Gasteiger partial charge in [-0.1, -0.05) is 88.6 Å². The summed E-state index contributed by atoms with van der Waals surface area (Å²) in [6.45, 7) is 3.83. The fourth-order valence-electron chi connectivity index (χ4n) is 3.58. The second-order valence-corrected chi connectivity index (χ2v) is 8.21. The van der Waals surface area contributed by atoms with Crippen LogP contribution >= 0.6 is 0 Å². The van der Waals surface area contributed by atoms with Gasteiger partial charge in [0, 0.05) is 0 Å². The zero-order valence-electron chi connectivity index (χ0n) is 18.2. The molecule has 1 heterocycles. The Balaban J connectivity index is 1.39. The molecule has 2 rings (SSSR count). The van der Waals surface area contributed by atoms with Gasteiger partial charge in [0.1, 0.15) is 18.5 Å². The first kappa shape index (κ1) is 23.0. The Labute approximate surface area is 173 Å². The molecular weight excluding hydrogens is 344 g/mol. The van der Waals surface area contributed by atoms with Crippen molar-refractivity contribution in [3.05, 3.63) is 42.0 Å². The van der Waals surface area contributed by atoms with Crippen LogP contribution < -0.4 is 4.74 Å². The van der Waals surface area contributed by atoms with Gasteiger partial charge in [0.25, 0.3) is 0 Å². The highest BCUT2D eigenvalue weighted by atomic mass is 16.6. The van der Waals surface area contributed by atoms with Gasteiger partial charge in [0.2, 0.25) is 0 Å². The quantitative estimate of drug-likeness (QED) is 0.147. The van der Waals surface area contributed by atoms with Crippen molar-refractivity contribution < 1.29 is 9.47 Å². The molecule has 0 bridgehead atoms. The second kappa shape index (κ2) is 15.6. The van der Waals surface area contributed by atoms with E-state index in [0.29, 0.717) is 12.7 Å².